The zero-order chi connectivity index (χ0) is 14.5. The van der Waals surface area contributed by atoms with Crippen LogP contribution in [0.2, 0.25) is 0 Å². The third-order valence-electron chi connectivity index (χ3n) is 5.93. The molecule has 0 bridgehead atoms. The predicted molar refractivity (Wildman–Crippen MR) is 77.2 cm³/mol. The van der Waals surface area contributed by atoms with Crippen LogP contribution in [0.25, 0.3) is 0 Å². The van der Waals surface area contributed by atoms with Crippen LogP contribution in [-0.2, 0) is 14.3 Å². The van der Waals surface area contributed by atoms with E-state index in [1.807, 2.05) is 6.92 Å². The maximum atomic E-state index is 10.9. The van der Waals surface area contributed by atoms with Gasteiger partial charge in [-0.15, -0.1) is 0 Å². The molecule has 1 saturated heterocycles. The Labute approximate surface area is 121 Å². The Hall–Kier alpha value is -0.830. The van der Waals surface area contributed by atoms with Gasteiger partial charge in [0, 0.05) is 12.8 Å². The molecule has 1 heterocycles. The van der Waals surface area contributed by atoms with Crippen LogP contribution in [0.1, 0.15) is 46.5 Å². The Kier molecular flexibility index (Phi) is 3.44. The molecule has 112 valence electrons. The monoisotopic (exact) mass is 278 g/mol. The third-order valence-corrected chi connectivity index (χ3v) is 5.93. The normalized spacial score (nSPS) is 43.6. The SMILES string of the molecule is C=C1CO[C@@H]2C[C@]3(C)[C@@H](CC[C@@H](C)OC(C)=O)[C@@H]3C[C@H]12. The second-order valence-electron chi connectivity index (χ2n) is 7.27. The minimum absolute atomic E-state index is 0.0458. The Morgan fingerprint density at radius 3 is 3.05 bits per heavy atom. The van der Waals surface area contributed by atoms with Gasteiger partial charge in [0.25, 0.3) is 0 Å². The number of carbonyl (C=O) groups excluding carboxylic acids is 1. The average Bonchev–Trinajstić information content (AvgIpc) is 2.77. The lowest BCUT2D eigenvalue weighted by Crippen LogP contribution is -2.26. The number of hydrogen-bond donors (Lipinski definition) is 0. The Balaban J connectivity index is 1.54. The molecular formula is C17H26O3. The second-order valence-corrected chi connectivity index (χ2v) is 7.27. The second kappa shape index (κ2) is 4.87. The van der Waals surface area contributed by atoms with Gasteiger partial charge in [-0.05, 0) is 55.4 Å². The minimum atomic E-state index is -0.170. The Morgan fingerprint density at radius 1 is 1.60 bits per heavy atom. The molecule has 3 rings (SSSR count). The van der Waals surface area contributed by atoms with E-state index >= 15 is 0 Å². The summed E-state index contributed by atoms with van der Waals surface area (Å²) in [5.74, 6) is 2.04. The summed E-state index contributed by atoms with van der Waals surface area (Å²) in [4.78, 5) is 10.9. The van der Waals surface area contributed by atoms with E-state index in [1.165, 1.54) is 31.8 Å². The van der Waals surface area contributed by atoms with Gasteiger partial charge in [0.1, 0.15) is 0 Å². The molecule has 2 aliphatic carbocycles. The average molecular weight is 278 g/mol. The number of carbonyl (C=O) groups is 1. The predicted octanol–water partition coefficient (Wildman–Crippen LogP) is 3.34. The molecule has 1 aliphatic heterocycles. The van der Waals surface area contributed by atoms with Crippen molar-refractivity contribution in [2.24, 2.45) is 23.2 Å². The van der Waals surface area contributed by atoms with Crippen LogP contribution < -0.4 is 0 Å². The van der Waals surface area contributed by atoms with E-state index in [0.717, 1.165) is 24.9 Å². The van der Waals surface area contributed by atoms with Crippen molar-refractivity contribution < 1.29 is 14.3 Å². The van der Waals surface area contributed by atoms with Gasteiger partial charge in [0.05, 0.1) is 18.8 Å². The summed E-state index contributed by atoms with van der Waals surface area (Å²) >= 11 is 0. The van der Waals surface area contributed by atoms with Gasteiger partial charge in [-0.3, -0.25) is 4.79 Å². The maximum Gasteiger partial charge on any atom is 0.302 e. The smallest absolute Gasteiger partial charge is 0.302 e. The number of rotatable bonds is 4. The first-order valence-corrected chi connectivity index (χ1v) is 7.88. The first-order chi connectivity index (χ1) is 9.41. The van der Waals surface area contributed by atoms with Crippen molar-refractivity contribution in [1.82, 2.24) is 0 Å². The van der Waals surface area contributed by atoms with Crippen LogP contribution in [0.3, 0.4) is 0 Å². The molecule has 0 spiro atoms. The van der Waals surface area contributed by atoms with Crippen LogP contribution in [0.5, 0.6) is 0 Å². The lowest BCUT2D eigenvalue weighted by Gasteiger charge is -2.28. The van der Waals surface area contributed by atoms with E-state index in [4.69, 9.17) is 9.47 Å². The molecule has 2 saturated carbocycles. The summed E-state index contributed by atoms with van der Waals surface area (Å²) in [6.07, 6.45) is 5.05. The molecule has 3 fully saturated rings. The van der Waals surface area contributed by atoms with Crippen molar-refractivity contribution in [3.63, 3.8) is 0 Å². The van der Waals surface area contributed by atoms with Gasteiger partial charge in [-0.25, -0.2) is 0 Å². The molecule has 0 amide bonds. The van der Waals surface area contributed by atoms with E-state index in [0.29, 0.717) is 17.4 Å². The van der Waals surface area contributed by atoms with Crippen LogP contribution >= 0.6 is 0 Å². The van der Waals surface area contributed by atoms with Crippen molar-refractivity contribution in [2.75, 3.05) is 6.61 Å². The first-order valence-electron chi connectivity index (χ1n) is 7.88. The summed E-state index contributed by atoms with van der Waals surface area (Å²) in [6, 6.07) is 0. The van der Waals surface area contributed by atoms with Crippen LogP contribution in [-0.4, -0.2) is 24.8 Å². The highest BCUT2D eigenvalue weighted by molar-refractivity contribution is 5.66. The molecule has 6 atom stereocenters. The number of ether oxygens (including phenoxy) is 2. The van der Waals surface area contributed by atoms with Crippen molar-refractivity contribution in [3.8, 4) is 0 Å². The van der Waals surface area contributed by atoms with Gasteiger partial charge >= 0.3 is 5.97 Å². The Morgan fingerprint density at radius 2 is 2.35 bits per heavy atom. The summed E-state index contributed by atoms with van der Waals surface area (Å²) in [5.41, 5.74) is 1.76. The highest BCUT2D eigenvalue weighted by Crippen LogP contribution is 2.70. The molecule has 3 nitrogen and oxygen atoms in total. The van der Waals surface area contributed by atoms with Gasteiger partial charge in [0.2, 0.25) is 0 Å². The fourth-order valence-electron chi connectivity index (χ4n) is 4.71. The standard InChI is InChI=1S/C17H26O3/c1-10-9-19-16-8-17(4)14(15(17)7-13(10)16)6-5-11(2)20-12(3)18/h11,13-16H,1,5-9H2,2-4H3/t11-,13-,14+,15+,16-,17-/m1/s1. The van der Waals surface area contributed by atoms with E-state index in [2.05, 4.69) is 13.5 Å². The molecule has 0 N–H and O–H groups in total. The van der Waals surface area contributed by atoms with E-state index in [1.54, 1.807) is 0 Å². The number of esters is 1. The largest absolute Gasteiger partial charge is 0.463 e. The molecule has 0 aromatic heterocycles. The lowest BCUT2D eigenvalue weighted by molar-refractivity contribution is -0.145. The van der Waals surface area contributed by atoms with Crippen LogP contribution in [0.4, 0.5) is 0 Å². The summed E-state index contributed by atoms with van der Waals surface area (Å²) in [6.45, 7) is 10.8. The fraction of sp³-hybridized carbons (Fsp3) is 0.824. The lowest BCUT2D eigenvalue weighted by atomic mass is 9.79. The maximum absolute atomic E-state index is 10.9. The molecular weight excluding hydrogens is 252 g/mol. The Bertz CT molecular complexity index is 430. The van der Waals surface area contributed by atoms with Crippen molar-refractivity contribution in [2.45, 2.75) is 58.7 Å². The number of hydrogen-bond acceptors (Lipinski definition) is 3. The van der Waals surface area contributed by atoms with Gasteiger partial charge in [-0.2, -0.15) is 0 Å². The summed E-state index contributed by atoms with van der Waals surface area (Å²) in [7, 11) is 0. The first kappa shape index (κ1) is 14.1. The van der Waals surface area contributed by atoms with Gasteiger partial charge < -0.3 is 9.47 Å². The van der Waals surface area contributed by atoms with Crippen LogP contribution in [0, 0.1) is 23.2 Å². The zero-order valence-corrected chi connectivity index (χ0v) is 12.9. The van der Waals surface area contributed by atoms with Crippen molar-refractivity contribution in [3.05, 3.63) is 12.2 Å². The van der Waals surface area contributed by atoms with Crippen LogP contribution in [0.15, 0.2) is 12.2 Å². The molecule has 3 heteroatoms. The topological polar surface area (TPSA) is 35.5 Å². The van der Waals surface area contributed by atoms with Crippen molar-refractivity contribution in [1.29, 1.82) is 0 Å². The summed E-state index contributed by atoms with van der Waals surface area (Å²) < 4.78 is 11.1. The van der Waals surface area contributed by atoms with E-state index in [9.17, 15) is 4.79 Å². The molecule has 3 aliphatic rings. The molecule has 0 aromatic carbocycles. The minimum Gasteiger partial charge on any atom is -0.463 e. The van der Waals surface area contributed by atoms with E-state index < -0.39 is 0 Å². The summed E-state index contributed by atoms with van der Waals surface area (Å²) in [5, 5.41) is 0. The molecule has 20 heavy (non-hydrogen) atoms. The quantitative estimate of drug-likeness (QED) is 0.584. The molecule has 0 aromatic rings. The zero-order valence-electron chi connectivity index (χ0n) is 12.9. The molecule has 0 unspecified atom stereocenters. The van der Waals surface area contributed by atoms with Crippen molar-refractivity contribution >= 4 is 5.97 Å². The van der Waals surface area contributed by atoms with E-state index in [-0.39, 0.29) is 12.1 Å². The fourth-order valence-corrected chi connectivity index (χ4v) is 4.71. The highest BCUT2D eigenvalue weighted by atomic mass is 16.5. The third kappa shape index (κ3) is 2.30. The number of fused-ring (bicyclic) bond motifs is 2. The molecule has 0 radical (unpaired) electrons. The highest BCUT2D eigenvalue weighted by Gasteiger charge is 2.65. The van der Waals surface area contributed by atoms with Gasteiger partial charge in [-0.1, -0.05) is 13.5 Å². The van der Waals surface area contributed by atoms with Gasteiger partial charge in [0.15, 0.2) is 0 Å².